The first-order valence-electron chi connectivity index (χ1n) is 5.33. The summed E-state index contributed by atoms with van der Waals surface area (Å²) in [7, 11) is 0. The fraction of sp³-hybridized carbons (Fsp3) is 0.286. The predicted octanol–water partition coefficient (Wildman–Crippen LogP) is 2.59. The highest BCUT2D eigenvalue weighted by Gasteiger charge is 1.80. The molecule has 0 atom stereocenters. The lowest BCUT2D eigenvalue weighted by Gasteiger charge is -1.92. The van der Waals surface area contributed by atoms with E-state index in [1.807, 2.05) is 30.3 Å². The molecule has 1 rings (SSSR count). The summed E-state index contributed by atoms with van der Waals surface area (Å²) < 4.78 is 0. The molecule has 0 spiro atoms. The summed E-state index contributed by atoms with van der Waals surface area (Å²) >= 11 is 0. The molecule has 0 aliphatic rings. The van der Waals surface area contributed by atoms with Crippen LogP contribution in [0.1, 0.15) is 18.9 Å². The second-order valence-electron chi connectivity index (χ2n) is 3.18. The Morgan fingerprint density at radius 3 is 2.73 bits per heavy atom. The highest BCUT2D eigenvalue weighted by molar-refractivity contribution is 5.33. The van der Waals surface area contributed by atoms with Gasteiger partial charge in [0.25, 0.3) is 0 Å². The van der Waals surface area contributed by atoms with Crippen LogP contribution in [0.2, 0.25) is 0 Å². The van der Waals surface area contributed by atoms with Crippen LogP contribution in [0.15, 0.2) is 42.5 Å². The molecule has 1 heteroatoms. The van der Waals surface area contributed by atoms with Crippen LogP contribution in [0.3, 0.4) is 0 Å². The monoisotopic (exact) mass is 199 g/mol. The highest BCUT2D eigenvalue weighted by atomic mass is 14.8. The van der Waals surface area contributed by atoms with Gasteiger partial charge in [-0.15, -0.1) is 0 Å². The van der Waals surface area contributed by atoms with E-state index >= 15 is 0 Å². The van der Waals surface area contributed by atoms with Gasteiger partial charge < -0.3 is 5.32 Å². The fourth-order valence-corrected chi connectivity index (χ4v) is 1.14. The Morgan fingerprint density at radius 2 is 2.00 bits per heavy atom. The standard InChI is InChI=1S/C14H17N/c1-2-3-7-12-15-13-8-11-14-9-5-4-6-10-14/h3-7,9-10,15H,2,12-13H2,1H3. The predicted molar refractivity (Wildman–Crippen MR) is 65.6 cm³/mol. The van der Waals surface area contributed by atoms with Gasteiger partial charge in [-0.05, 0) is 18.6 Å². The Morgan fingerprint density at radius 1 is 1.20 bits per heavy atom. The zero-order valence-corrected chi connectivity index (χ0v) is 9.16. The van der Waals surface area contributed by atoms with Crippen LogP contribution >= 0.6 is 0 Å². The van der Waals surface area contributed by atoms with Gasteiger partial charge in [0.2, 0.25) is 0 Å². The Labute approximate surface area is 92.2 Å². The SMILES string of the molecule is CCC=CCNCC#Cc1ccccc1. The lowest BCUT2D eigenvalue weighted by Crippen LogP contribution is -2.13. The molecular formula is C14H17N. The topological polar surface area (TPSA) is 12.0 Å². The van der Waals surface area contributed by atoms with Gasteiger partial charge in [-0.25, -0.2) is 0 Å². The van der Waals surface area contributed by atoms with Gasteiger partial charge in [0.15, 0.2) is 0 Å². The van der Waals surface area contributed by atoms with E-state index in [1.165, 1.54) is 0 Å². The zero-order valence-electron chi connectivity index (χ0n) is 9.16. The van der Waals surface area contributed by atoms with Crippen LogP contribution in [0.5, 0.6) is 0 Å². The van der Waals surface area contributed by atoms with Gasteiger partial charge in [0.05, 0.1) is 6.54 Å². The molecule has 1 aromatic carbocycles. The molecular weight excluding hydrogens is 182 g/mol. The van der Waals surface area contributed by atoms with Crippen molar-refractivity contribution in [3.63, 3.8) is 0 Å². The molecule has 0 aromatic heterocycles. The molecule has 0 unspecified atom stereocenters. The van der Waals surface area contributed by atoms with Gasteiger partial charge in [0, 0.05) is 12.1 Å². The van der Waals surface area contributed by atoms with Crippen LogP contribution in [0.25, 0.3) is 0 Å². The Kier molecular flexibility index (Phi) is 6.04. The van der Waals surface area contributed by atoms with Crippen LogP contribution in [0.4, 0.5) is 0 Å². The minimum absolute atomic E-state index is 0.739. The summed E-state index contributed by atoms with van der Waals surface area (Å²) in [4.78, 5) is 0. The minimum Gasteiger partial charge on any atom is -0.303 e. The summed E-state index contributed by atoms with van der Waals surface area (Å²) in [6.45, 7) is 3.77. The fourth-order valence-electron chi connectivity index (χ4n) is 1.14. The van der Waals surface area contributed by atoms with Crippen molar-refractivity contribution in [2.45, 2.75) is 13.3 Å². The largest absolute Gasteiger partial charge is 0.303 e. The maximum absolute atomic E-state index is 3.23. The van der Waals surface area contributed by atoms with Gasteiger partial charge in [-0.1, -0.05) is 49.1 Å². The molecule has 1 nitrogen and oxygen atoms in total. The van der Waals surface area contributed by atoms with Crippen molar-refractivity contribution < 1.29 is 0 Å². The molecule has 0 bridgehead atoms. The van der Waals surface area contributed by atoms with E-state index in [0.717, 1.165) is 25.1 Å². The van der Waals surface area contributed by atoms with E-state index in [9.17, 15) is 0 Å². The normalized spacial score (nSPS) is 9.93. The number of rotatable bonds is 4. The van der Waals surface area contributed by atoms with E-state index in [4.69, 9.17) is 0 Å². The lowest BCUT2D eigenvalue weighted by molar-refractivity contribution is 0.854. The number of hydrogen-bond acceptors (Lipinski definition) is 1. The van der Waals surface area contributed by atoms with Gasteiger partial charge in [-0.3, -0.25) is 0 Å². The third-order valence-electron chi connectivity index (χ3n) is 1.88. The van der Waals surface area contributed by atoms with Crippen molar-refractivity contribution in [1.29, 1.82) is 0 Å². The summed E-state index contributed by atoms with van der Waals surface area (Å²) in [6, 6.07) is 10.0. The van der Waals surface area contributed by atoms with Gasteiger partial charge in [-0.2, -0.15) is 0 Å². The molecule has 0 heterocycles. The first-order chi connectivity index (χ1) is 7.43. The smallest absolute Gasteiger partial charge is 0.0582 e. The molecule has 0 aliphatic heterocycles. The molecule has 0 fully saturated rings. The second-order valence-corrected chi connectivity index (χ2v) is 3.18. The summed E-state index contributed by atoms with van der Waals surface area (Å²) in [5, 5.41) is 3.23. The van der Waals surface area contributed by atoms with Crippen molar-refractivity contribution in [2.75, 3.05) is 13.1 Å². The van der Waals surface area contributed by atoms with Crippen LogP contribution in [-0.2, 0) is 0 Å². The summed E-state index contributed by atoms with van der Waals surface area (Å²) in [6.07, 6.45) is 5.37. The van der Waals surface area contributed by atoms with Crippen molar-refractivity contribution in [2.24, 2.45) is 0 Å². The van der Waals surface area contributed by atoms with E-state index in [2.05, 4.69) is 36.2 Å². The molecule has 78 valence electrons. The number of nitrogens with one attached hydrogen (secondary N) is 1. The van der Waals surface area contributed by atoms with Crippen molar-refractivity contribution in [3.05, 3.63) is 48.0 Å². The Balaban J connectivity index is 2.20. The van der Waals surface area contributed by atoms with Crippen molar-refractivity contribution in [3.8, 4) is 11.8 Å². The average molecular weight is 199 g/mol. The number of allylic oxidation sites excluding steroid dienone is 1. The molecule has 0 amide bonds. The van der Waals surface area contributed by atoms with E-state index < -0.39 is 0 Å². The lowest BCUT2D eigenvalue weighted by atomic mass is 10.2. The quantitative estimate of drug-likeness (QED) is 0.446. The molecule has 0 radical (unpaired) electrons. The maximum atomic E-state index is 3.23. The molecule has 0 aliphatic carbocycles. The van der Waals surface area contributed by atoms with Gasteiger partial charge in [0.1, 0.15) is 0 Å². The third-order valence-corrected chi connectivity index (χ3v) is 1.88. The molecule has 1 aromatic rings. The van der Waals surface area contributed by atoms with E-state index in [1.54, 1.807) is 0 Å². The van der Waals surface area contributed by atoms with Crippen molar-refractivity contribution >= 4 is 0 Å². The Hall–Kier alpha value is -1.52. The Bertz CT molecular complexity index is 341. The van der Waals surface area contributed by atoms with E-state index in [0.29, 0.717) is 0 Å². The zero-order chi connectivity index (χ0) is 10.8. The highest BCUT2D eigenvalue weighted by Crippen LogP contribution is 1.93. The minimum atomic E-state index is 0.739. The molecule has 1 N–H and O–H groups in total. The molecule has 0 saturated heterocycles. The van der Waals surface area contributed by atoms with Gasteiger partial charge >= 0.3 is 0 Å². The molecule has 15 heavy (non-hydrogen) atoms. The first kappa shape index (κ1) is 11.6. The van der Waals surface area contributed by atoms with Crippen LogP contribution < -0.4 is 5.32 Å². The average Bonchev–Trinajstić information content (AvgIpc) is 2.29. The first-order valence-corrected chi connectivity index (χ1v) is 5.33. The maximum Gasteiger partial charge on any atom is 0.0582 e. The summed E-state index contributed by atoms with van der Waals surface area (Å²) in [5.74, 6) is 6.18. The third kappa shape index (κ3) is 5.72. The number of benzene rings is 1. The summed E-state index contributed by atoms with van der Waals surface area (Å²) in [5.41, 5.74) is 1.07. The molecule has 0 saturated carbocycles. The number of hydrogen-bond donors (Lipinski definition) is 1. The van der Waals surface area contributed by atoms with E-state index in [-0.39, 0.29) is 0 Å². The second kappa shape index (κ2) is 7.84. The van der Waals surface area contributed by atoms with Crippen LogP contribution in [-0.4, -0.2) is 13.1 Å². The van der Waals surface area contributed by atoms with Crippen molar-refractivity contribution in [1.82, 2.24) is 5.32 Å². The van der Waals surface area contributed by atoms with Crippen LogP contribution in [0, 0.1) is 11.8 Å².